The third-order valence-electron chi connectivity index (χ3n) is 5.86. The Kier molecular flexibility index (Phi) is 6.39. The molecule has 1 fully saturated rings. The van der Waals surface area contributed by atoms with Crippen LogP contribution in [0.5, 0.6) is 5.75 Å². The van der Waals surface area contributed by atoms with Gasteiger partial charge in [0.2, 0.25) is 0 Å². The van der Waals surface area contributed by atoms with Gasteiger partial charge in [-0.15, -0.1) is 0 Å². The van der Waals surface area contributed by atoms with Gasteiger partial charge in [0.1, 0.15) is 12.4 Å². The Morgan fingerprint density at radius 1 is 0.933 bits per heavy atom. The van der Waals surface area contributed by atoms with Crippen LogP contribution in [0.3, 0.4) is 0 Å². The molecule has 1 aliphatic rings. The number of hydrogen-bond donors (Lipinski definition) is 1. The minimum absolute atomic E-state index is 0.249. The first-order chi connectivity index (χ1) is 14.6. The van der Waals surface area contributed by atoms with Crippen LogP contribution in [0.25, 0.3) is 11.1 Å². The summed E-state index contributed by atoms with van der Waals surface area (Å²) < 4.78 is 6.04. The maximum absolute atomic E-state index is 11.4. The van der Waals surface area contributed by atoms with E-state index in [-0.39, 0.29) is 5.56 Å². The SMILES string of the molecule is O=C(O)c1ccc(-c2ccc(Cl)cc2)c(COc2ccc(C3CCCCC3)cc2)c1. The number of carboxylic acid groups (broad SMARTS) is 1. The standard InChI is InChI=1S/C26H25ClO3/c27-23-11-6-20(7-12-23)25-15-10-21(26(28)29)16-22(25)17-30-24-13-8-19(9-14-24)18-4-2-1-3-5-18/h6-16,18H,1-5,17H2,(H,28,29). The van der Waals surface area contributed by atoms with E-state index in [0.717, 1.165) is 22.4 Å². The van der Waals surface area contributed by atoms with Gasteiger partial charge < -0.3 is 9.84 Å². The van der Waals surface area contributed by atoms with E-state index in [0.29, 0.717) is 17.5 Å². The van der Waals surface area contributed by atoms with E-state index >= 15 is 0 Å². The fraction of sp³-hybridized carbons (Fsp3) is 0.269. The molecule has 30 heavy (non-hydrogen) atoms. The van der Waals surface area contributed by atoms with E-state index in [9.17, 15) is 9.90 Å². The average Bonchev–Trinajstić information content (AvgIpc) is 2.79. The summed E-state index contributed by atoms with van der Waals surface area (Å²) in [4.78, 5) is 11.4. The highest BCUT2D eigenvalue weighted by atomic mass is 35.5. The molecule has 0 radical (unpaired) electrons. The van der Waals surface area contributed by atoms with Crippen molar-refractivity contribution < 1.29 is 14.6 Å². The molecule has 0 heterocycles. The Morgan fingerprint density at radius 2 is 1.63 bits per heavy atom. The van der Waals surface area contributed by atoms with E-state index < -0.39 is 5.97 Å². The predicted octanol–water partition coefficient (Wildman–Crippen LogP) is 7.33. The molecule has 3 nitrogen and oxygen atoms in total. The van der Waals surface area contributed by atoms with Crippen molar-refractivity contribution in [2.75, 3.05) is 0 Å². The lowest BCUT2D eigenvalue weighted by atomic mass is 9.84. The predicted molar refractivity (Wildman–Crippen MR) is 120 cm³/mol. The third kappa shape index (κ3) is 4.85. The quantitative estimate of drug-likeness (QED) is 0.454. The molecule has 0 aliphatic heterocycles. The van der Waals surface area contributed by atoms with Gasteiger partial charge in [-0.25, -0.2) is 4.79 Å². The summed E-state index contributed by atoms with van der Waals surface area (Å²) in [6.45, 7) is 0.294. The van der Waals surface area contributed by atoms with Crippen molar-refractivity contribution in [2.45, 2.75) is 44.6 Å². The summed E-state index contributed by atoms with van der Waals surface area (Å²) in [5, 5.41) is 10.1. The first-order valence-corrected chi connectivity index (χ1v) is 10.8. The number of halogens is 1. The zero-order chi connectivity index (χ0) is 20.9. The van der Waals surface area contributed by atoms with Crippen molar-refractivity contribution in [1.82, 2.24) is 0 Å². The molecule has 0 saturated heterocycles. The molecule has 154 valence electrons. The van der Waals surface area contributed by atoms with Gasteiger partial charge in [0.25, 0.3) is 0 Å². The van der Waals surface area contributed by atoms with Gasteiger partial charge in [0, 0.05) is 5.02 Å². The number of hydrogen-bond acceptors (Lipinski definition) is 2. The molecule has 4 rings (SSSR count). The Balaban J connectivity index is 1.53. The minimum Gasteiger partial charge on any atom is -0.489 e. The normalized spacial score (nSPS) is 14.4. The van der Waals surface area contributed by atoms with E-state index in [1.54, 1.807) is 12.1 Å². The van der Waals surface area contributed by atoms with Crippen LogP contribution in [-0.2, 0) is 6.61 Å². The van der Waals surface area contributed by atoms with Gasteiger partial charge in [-0.2, -0.15) is 0 Å². The number of aromatic carboxylic acids is 1. The highest BCUT2D eigenvalue weighted by Crippen LogP contribution is 2.33. The smallest absolute Gasteiger partial charge is 0.335 e. The summed E-state index contributed by atoms with van der Waals surface area (Å²) in [5.74, 6) is 0.504. The highest BCUT2D eigenvalue weighted by molar-refractivity contribution is 6.30. The maximum atomic E-state index is 11.4. The summed E-state index contributed by atoms with van der Waals surface area (Å²) in [6, 6.07) is 21.0. The summed E-state index contributed by atoms with van der Waals surface area (Å²) in [7, 11) is 0. The van der Waals surface area contributed by atoms with E-state index in [2.05, 4.69) is 12.1 Å². The molecule has 1 N–H and O–H groups in total. The molecule has 0 unspecified atom stereocenters. The fourth-order valence-corrected chi connectivity index (χ4v) is 4.32. The lowest BCUT2D eigenvalue weighted by molar-refractivity contribution is 0.0696. The van der Waals surface area contributed by atoms with Gasteiger partial charge in [-0.3, -0.25) is 0 Å². The van der Waals surface area contributed by atoms with Gasteiger partial charge >= 0.3 is 5.97 Å². The monoisotopic (exact) mass is 420 g/mol. The van der Waals surface area contributed by atoms with Crippen molar-refractivity contribution in [3.05, 3.63) is 88.4 Å². The molecule has 0 aromatic heterocycles. The van der Waals surface area contributed by atoms with Gasteiger partial charge in [-0.05, 0) is 77.4 Å². The van der Waals surface area contributed by atoms with Crippen LogP contribution >= 0.6 is 11.6 Å². The second-order valence-corrected chi connectivity index (χ2v) is 8.31. The lowest BCUT2D eigenvalue weighted by Crippen LogP contribution is -2.05. The fourth-order valence-electron chi connectivity index (χ4n) is 4.19. The van der Waals surface area contributed by atoms with Crippen molar-refractivity contribution in [2.24, 2.45) is 0 Å². The number of ether oxygens (including phenoxy) is 1. The molecule has 1 aliphatic carbocycles. The van der Waals surface area contributed by atoms with Crippen molar-refractivity contribution >= 4 is 17.6 Å². The second kappa shape index (κ2) is 9.36. The molecule has 3 aromatic carbocycles. The summed E-state index contributed by atoms with van der Waals surface area (Å²) >= 11 is 6.01. The summed E-state index contributed by atoms with van der Waals surface area (Å²) in [6.07, 6.45) is 6.52. The molecule has 4 heteroatoms. The number of carbonyl (C=O) groups is 1. The number of benzene rings is 3. The van der Waals surface area contributed by atoms with Crippen LogP contribution in [0.2, 0.25) is 5.02 Å². The van der Waals surface area contributed by atoms with Crippen LogP contribution in [0.15, 0.2) is 66.7 Å². The minimum atomic E-state index is -0.948. The molecule has 1 saturated carbocycles. The maximum Gasteiger partial charge on any atom is 0.335 e. The van der Waals surface area contributed by atoms with E-state index in [1.807, 2.05) is 42.5 Å². The Labute approximate surface area is 182 Å². The molecule has 0 bridgehead atoms. The number of rotatable bonds is 6. The van der Waals surface area contributed by atoms with Crippen LogP contribution < -0.4 is 4.74 Å². The Hall–Kier alpha value is -2.78. The highest BCUT2D eigenvalue weighted by Gasteiger charge is 2.15. The Bertz CT molecular complexity index is 1000. The van der Waals surface area contributed by atoms with E-state index in [1.165, 1.54) is 37.7 Å². The number of carboxylic acids is 1. The molecule has 3 aromatic rings. The molecule has 0 spiro atoms. The van der Waals surface area contributed by atoms with Crippen LogP contribution in [-0.4, -0.2) is 11.1 Å². The van der Waals surface area contributed by atoms with Gasteiger partial charge in [0.15, 0.2) is 0 Å². The van der Waals surface area contributed by atoms with E-state index in [4.69, 9.17) is 16.3 Å². The topological polar surface area (TPSA) is 46.5 Å². The lowest BCUT2D eigenvalue weighted by Gasteiger charge is -2.22. The second-order valence-electron chi connectivity index (χ2n) is 7.88. The summed E-state index contributed by atoms with van der Waals surface area (Å²) in [5.41, 5.74) is 4.38. The largest absolute Gasteiger partial charge is 0.489 e. The van der Waals surface area contributed by atoms with Crippen molar-refractivity contribution in [3.63, 3.8) is 0 Å². The van der Waals surface area contributed by atoms with Gasteiger partial charge in [0.05, 0.1) is 5.56 Å². The van der Waals surface area contributed by atoms with Crippen molar-refractivity contribution in [3.8, 4) is 16.9 Å². The zero-order valence-corrected chi connectivity index (χ0v) is 17.6. The third-order valence-corrected chi connectivity index (χ3v) is 6.11. The molecular weight excluding hydrogens is 396 g/mol. The molecule has 0 amide bonds. The zero-order valence-electron chi connectivity index (χ0n) is 16.8. The van der Waals surface area contributed by atoms with Crippen LogP contribution in [0.1, 0.15) is 59.5 Å². The average molecular weight is 421 g/mol. The molecular formula is C26H25ClO3. The van der Waals surface area contributed by atoms with Crippen molar-refractivity contribution in [1.29, 1.82) is 0 Å². The first-order valence-electron chi connectivity index (χ1n) is 10.4. The molecule has 0 atom stereocenters. The van der Waals surface area contributed by atoms with Crippen LogP contribution in [0, 0.1) is 0 Å². The first kappa shape index (κ1) is 20.5. The van der Waals surface area contributed by atoms with Gasteiger partial charge in [-0.1, -0.05) is 61.2 Å². The van der Waals surface area contributed by atoms with Crippen LogP contribution in [0.4, 0.5) is 0 Å². The Morgan fingerprint density at radius 3 is 2.30 bits per heavy atom.